The zero-order valence-corrected chi connectivity index (χ0v) is 12.4. The fraction of sp³-hybridized carbons (Fsp3) is 1.00. The Bertz CT molecular complexity index is 270. The minimum Gasteiger partial charge on any atom is -0.215 e. The van der Waals surface area contributed by atoms with Gasteiger partial charge in [-0.3, -0.25) is 0 Å². The van der Waals surface area contributed by atoms with E-state index in [0.717, 1.165) is 5.33 Å². The highest BCUT2D eigenvalue weighted by Gasteiger charge is 2.17. The lowest BCUT2D eigenvalue weighted by Crippen LogP contribution is -2.32. The van der Waals surface area contributed by atoms with Crippen LogP contribution in [0.4, 0.5) is 0 Å². The SMILES string of the molecule is CC(CBr)CNS(=O)(=O)CCC(C)(C)C. The van der Waals surface area contributed by atoms with Gasteiger partial charge < -0.3 is 0 Å². The molecule has 0 aliphatic heterocycles. The molecule has 0 radical (unpaired) electrons. The van der Waals surface area contributed by atoms with Crippen molar-refractivity contribution in [2.45, 2.75) is 34.1 Å². The highest BCUT2D eigenvalue weighted by molar-refractivity contribution is 9.09. The van der Waals surface area contributed by atoms with Crippen LogP contribution in [0.15, 0.2) is 0 Å². The summed E-state index contributed by atoms with van der Waals surface area (Å²) < 4.78 is 25.8. The Morgan fingerprint density at radius 1 is 1.33 bits per heavy atom. The Kier molecular flexibility index (Phi) is 6.37. The predicted octanol–water partition coefficient (Wildman–Crippen LogP) is 2.37. The van der Waals surface area contributed by atoms with E-state index < -0.39 is 10.0 Å². The third-order valence-corrected chi connectivity index (χ3v) is 4.49. The molecule has 0 heterocycles. The van der Waals surface area contributed by atoms with E-state index in [2.05, 4.69) is 20.7 Å². The van der Waals surface area contributed by atoms with Gasteiger partial charge in [0.25, 0.3) is 0 Å². The Labute approximate surface area is 102 Å². The van der Waals surface area contributed by atoms with Crippen molar-refractivity contribution in [1.29, 1.82) is 0 Å². The lowest BCUT2D eigenvalue weighted by Gasteiger charge is -2.18. The maximum atomic E-state index is 11.6. The molecule has 92 valence electrons. The number of alkyl halides is 1. The summed E-state index contributed by atoms with van der Waals surface area (Å²) in [5.74, 6) is 0.542. The van der Waals surface area contributed by atoms with Gasteiger partial charge in [-0.1, -0.05) is 43.6 Å². The monoisotopic (exact) mass is 299 g/mol. The van der Waals surface area contributed by atoms with E-state index >= 15 is 0 Å². The molecule has 1 unspecified atom stereocenters. The quantitative estimate of drug-likeness (QED) is 0.766. The van der Waals surface area contributed by atoms with E-state index in [-0.39, 0.29) is 11.2 Å². The molecule has 0 saturated heterocycles. The van der Waals surface area contributed by atoms with Gasteiger partial charge in [0, 0.05) is 11.9 Å². The zero-order chi connectivity index (χ0) is 12.1. The molecule has 3 nitrogen and oxygen atoms in total. The van der Waals surface area contributed by atoms with Gasteiger partial charge in [0.05, 0.1) is 5.75 Å². The summed E-state index contributed by atoms with van der Waals surface area (Å²) in [6.07, 6.45) is 0.686. The number of halogens is 1. The lowest BCUT2D eigenvalue weighted by molar-refractivity contribution is 0.396. The molecule has 0 bridgehead atoms. The second kappa shape index (κ2) is 6.21. The lowest BCUT2D eigenvalue weighted by atomic mass is 9.94. The number of hydrogen-bond donors (Lipinski definition) is 1. The number of rotatable bonds is 6. The van der Waals surface area contributed by atoms with E-state index in [1.807, 2.05) is 27.7 Å². The van der Waals surface area contributed by atoms with Gasteiger partial charge in [0.1, 0.15) is 0 Å². The van der Waals surface area contributed by atoms with Crippen molar-refractivity contribution in [1.82, 2.24) is 4.72 Å². The highest BCUT2D eigenvalue weighted by Crippen LogP contribution is 2.18. The molecule has 0 amide bonds. The normalized spacial score (nSPS) is 15.3. The Morgan fingerprint density at radius 3 is 2.27 bits per heavy atom. The average Bonchev–Trinajstić information content (AvgIpc) is 2.10. The molecule has 0 aromatic rings. The van der Waals surface area contributed by atoms with E-state index in [1.165, 1.54) is 0 Å². The van der Waals surface area contributed by atoms with Gasteiger partial charge in [-0.25, -0.2) is 13.1 Å². The standard InChI is InChI=1S/C10H22BrNO2S/c1-9(7-11)8-12-15(13,14)6-5-10(2,3)4/h9,12H,5-8H2,1-4H3. The molecule has 0 aromatic carbocycles. The van der Waals surface area contributed by atoms with Crippen molar-refractivity contribution in [3.63, 3.8) is 0 Å². The first-order valence-electron chi connectivity index (χ1n) is 5.19. The first kappa shape index (κ1) is 15.4. The zero-order valence-electron chi connectivity index (χ0n) is 10.0. The van der Waals surface area contributed by atoms with Crippen molar-refractivity contribution in [2.75, 3.05) is 17.6 Å². The second-order valence-electron chi connectivity index (χ2n) is 5.24. The Hall–Kier alpha value is 0.390. The summed E-state index contributed by atoms with van der Waals surface area (Å²) in [5, 5.41) is 0.814. The van der Waals surface area contributed by atoms with Crippen LogP contribution in [-0.2, 0) is 10.0 Å². The summed E-state index contributed by atoms with van der Waals surface area (Å²) in [6, 6.07) is 0. The van der Waals surface area contributed by atoms with Crippen molar-refractivity contribution in [2.24, 2.45) is 11.3 Å². The topological polar surface area (TPSA) is 46.2 Å². The van der Waals surface area contributed by atoms with Gasteiger partial charge in [0.15, 0.2) is 0 Å². The molecule has 15 heavy (non-hydrogen) atoms. The van der Waals surface area contributed by atoms with Crippen molar-refractivity contribution < 1.29 is 8.42 Å². The molecule has 0 spiro atoms. The molecule has 5 heteroatoms. The van der Waals surface area contributed by atoms with Crippen LogP contribution >= 0.6 is 15.9 Å². The summed E-state index contributed by atoms with van der Waals surface area (Å²) >= 11 is 3.32. The van der Waals surface area contributed by atoms with Crippen LogP contribution in [0.25, 0.3) is 0 Å². The number of sulfonamides is 1. The first-order chi connectivity index (χ1) is 6.66. The molecule has 0 aliphatic carbocycles. The summed E-state index contributed by atoms with van der Waals surface area (Å²) in [4.78, 5) is 0. The second-order valence-corrected chi connectivity index (χ2v) is 7.81. The van der Waals surface area contributed by atoms with E-state index in [0.29, 0.717) is 18.9 Å². The fourth-order valence-corrected chi connectivity index (χ4v) is 2.63. The van der Waals surface area contributed by atoms with Crippen LogP contribution in [-0.4, -0.2) is 26.0 Å². The summed E-state index contributed by atoms with van der Waals surface area (Å²) in [5.41, 5.74) is 0.0653. The first-order valence-corrected chi connectivity index (χ1v) is 7.97. The Morgan fingerprint density at radius 2 is 1.87 bits per heavy atom. The summed E-state index contributed by atoms with van der Waals surface area (Å²) in [6.45, 7) is 8.65. The van der Waals surface area contributed by atoms with Gasteiger partial charge in [-0.15, -0.1) is 0 Å². The number of hydrogen-bond acceptors (Lipinski definition) is 2. The van der Waals surface area contributed by atoms with E-state index in [9.17, 15) is 8.42 Å². The third kappa shape index (κ3) is 9.33. The van der Waals surface area contributed by atoms with Crippen molar-refractivity contribution >= 4 is 26.0 Å². The molecule has 0 saturated carbocycles. The van der Waals surface area contributed by atoms with Gasteiger partial charge >= 0.3 is 0 Å². The van der Waals surface area contributed by atoms with Crippen LogP contribution in [0.2, 0.25) is 0 Å². The molecule has 0 aromatic heterocycles. The predicted molar refractivity (Wildman–Crippen MR) is 68.8 cm³/mol. The van der Waals surface area contributed by atoms with Crippen LogP contribution in [0.5, 0.6) is 0 Å². The molecule has 0 rings (SSSR count). The third-order valence-electron chi connectivity index (χ3n) is 2.04. The maximum absolute atomic E-state index is 11.6. The minimum atomic E-state index is -3.09. The van der Waals surface area contributed by atoms with Crippen molar-refractivity contribution in [3.8, 4) is 0 Å². The van der Waals surface area contributed by atoms with Crippen molar-refractivity contribution in [3.05, 3.63) is 0 Å². The summed E-state index contributed by atoms with van der Waals surface area (Å²) in [7, 11) is -3.09. The molecule has 1 atom stereocenters. The molecule has 0 aliphatic rings. The number of nitrogens with one attached hydrogen (secondary N) is 1. The van der Waals surface area contributed by atoms with Crippen LogP contribution < -0.4 is 4.72 Å². The minimum absolute atomic E-state index is 0.0653. The highest BCUT2D eigenvalue weighted by atomic mass is 79.9. The van der Waals surface area contributed by atoms with Crippen LogP contribution in [0, 0.1) is 11.3 Å². The van der Waals surface area contributed by atoms with Gasteiger partial charge in [-0.05, 0) is 17.8 Å². The molecule has 1 N–H and O–H groups in total. The molecular formula is C10H22BrNO2S. The van der Waals surface area contributed by atoms with Gasteiger partial charge in [0.2, 0.25) is 10.0 Å². The molecular weight excluding hydrogens is 278 g/mol. The molecule has 0 fully saturated rings. The van der Waals surface area contributed by atoms with E-state index in [4.69, 9.17) is 0 Å². The average molecular weight is 300 g/mol. The van der Waals surface area contributed by atoms with Crippen LogP contribution in [0.3, 0.4) is 0 Å². The van der Waals surface area contributed by atoms with E-state index in [1.54, 1.807) is 0 Å². The van der Waals surface area contributed by atoms with Crippen LogP contribution in [0.1, 0.15) is 34.1 Å². The largest absolute Gasteiger partial charge is 0.215 e. The van der Waals surface area contributed by atoms with Gasteiger partial charge in [-0.2, -0.15) is 0 Å². The Balaban J connectivity index is 3.99. The smallest absolute Gasteiger partial charge is 0.211 e. The maximum Gasteiger partial charge on any atom is 0.211 e. The fourth-order valence-electron chi connectivity index (χ4n) is 0.836.